The number of nitrogens with one attached hydrogen (secondary N) is 2. The van der Waals surface area contributed by atoms with Crippen LogP contribution in [0.1, 0.15) is 151 Å². The third-order valence-corrected chi connectivity index (χ3v) is 8.99. The Bertz CT molecular complexity index is 984. The third kappa shape index (κ3) is 16.2. The number of nitrogens with two attached hydrogens (primary N) is 1. The Hall–Kier alpha value is -2.91. The molecule has 0 aromatic heterocycles. The van der Waals surface area contributed by atoms with Gasteiger partial charge < -0.3 is 26.2 Å². The van der Waals surface area contributed by atoms with Gasteiger partial charge >= 0.3 is 0 Å². The molecule has 47 heavy (non-hydrogen) atoms. The number of primary amides is 1. The Labute approximate surface area is 285 Å². The average molecular weight is 662 g/mol. The zero-order valence-electron chi connectivity index (χ0n) is 30.5. The quantitative estimate of drug-likeness (QED) is 0.0841. The number of carbonyl (C=O) groups excluding carboxylic acids is 5. The first kappa shape index (κ1) is 42.1. The van der Waals surface area contributed by atoms with E-state index < -0.39 is 36.0 Å². The topological polar surface area (TPSA) is 142 Å². The maximum Gasteiger partial charge on any atom is 0.246 e. The van der Waals surface area contributed by atoms with Crippen LogP contribution in [-0.4, -0.2) is 76.6 Å². The minimum Gasteiger partial charge on any atom is -0.368 e. The summed E-state index contributed by atoms with van der Waals surface area (Å²) in [5.41, 5.74) is 5.66. The van der Waals surface area contributed by atoms with Gasteiger partial charge in [0.15, 0.2) is 0 Å². The zero-order chi connectivity index (χ0) is 35.2. The average Bonchev–Trinajstić information content (AvgIpc) is 3.51. The smallest absolute Gasteiger partial charge is 0.246 e. The highest BCUT2D eigenvalue weighted by molar-refractivity contribution is 5.95. The van der Waals surface area contributed by atoms with E-state index in [0.717, 1.165) is 32.1 Å². The van der Waals surface area contributed by atoms with Crippen LogP contribution in [0.3, 0.4) is 0 Å². The van der Waals surface area contributed by atoms with Gasteiger partial charge in [-0.05, 0) is 71.1 Å². The van der Waals surface area contributed by atoms with Crippen LogP contribution in [0.15, 0.2) is 12.2 Å². The summed E-state index contributed by atoms with van der Waals surface area (Å²) in [6, 6.07) is -3.14. The summed E-state index contributed by atoms with van der Waals surface area (Å²) in [5, 5.41) is 5.45. The predicted octanol–water partition coefficient (Wildman–Crippen LogP) is 5.77. The van der Waals surface area contributed by atoms with Crippen molar-refractivity contribution in [1.29, 1.82) is 0 Å². The number of nitrogens with zero attached hydrogens (tertiary/aromatic N) is 2. The molecular weight excluding hydrogens is 594 g/mol. The van der Waals surface area contributed by atoms with Gasteiger partial charge in [-0.1, -0.05) is 91.2 Å². The van der Waals surface area contributed by atoms with E-state index in [1.807, 2.05) is 20.8 Å². The van der Waals surface area contributed by atoms with E-state index in [-0.39, 0.29) is 23.6 Å². The third-order valence-electron chi connectivity index (χ3n) is 8.99. The molecule has 0 saturated carbocycles. The van der Waals surface area contributed by atoms with E-state index in [0.29, 0.717) is 38.8 Å². The van der Waals surface area contributed by atoms with Gasteiger partial charge in [-0.2, -0.15) is 0 Å². The molecule has 1 rings (SSSR count). The fourth-order valence-corrected chi connectivity index (χ4v) is 6.33. The molecule has 1 saturated heterocycles. The van der Waals surface area contributed by atoms with Crippen LogP contribution in [0.4, 0.5) is 0 Å². The van der Waals surface area contributed by atoms with Gasteiger partial charge in [-0.3, -0.25) is 24.0 Å². The molecule has 1 aliphatic rings. The summed E-state index contributed by atoms with van der Waals surface area (Å²) in [6.45, 7) is 11.8. The second-order valence-electron chi connectivity index (χ2n) is 13.7. The van der Waals surface area contributed by atoms with Crippen molar-refractivity contribution in [3.8, 4) is 0 Å². The van der Waals surface area contributed by atoms with E-state index >= 15 is 0 Å². The van der Waals surface area contributed by atoms with Crippen LogP contribution in [0.2, 0.25) is 0 Å². The minimum absolute atomic E-state index is 0.166. The second kappa shape index (κ2) is 24.3. The lowest BCUT2D eigenvalue weighted by molar-refractivity contribution is -0.149. The van der Waals surface area contributed by atoms with Gasteiger partial charge in [0.25, 0.3) is 0 Å². The van der Waals surface area contributed by atoms with Crippen LogP contribution in [-0.2, 0) is 24.0 Å². The number of unbranched alkanes of at least 4 members (excludes halogenated alkanes) is 11. The van der Waals surface area contributed by atoms with Crippen molar-refractivity contribution >= 4 is 29.5 Å². The summed E-state index contributed by atoms with van der Waals surface area (Å²) < 4.78 is 0. The van der Waals surface area contributed by atoms with E-state index in [4.69, 9.17) is 5.73 Å². The molecule has 4 N–H and O–H groups in total. The van der Waals surface area contributed by atoms with Crippen molar-refractivity contribution in [3.05, 3.63) is 12.2 Å². The Kier molecular flexibility index (Phi) is 21.7. The maximum atomic E-state index is 13.6. The van der Waals surface area contributed by atoms with Crippen molar-refractivity contribution in [2.24, 2.45) is 11.7 Å². The van der Waals surface area contributed by atoms with E-state index in [1.165, 1.54) is 61.2 Å². The first-order chi connectivity index (χ1) is 22.5. The van der Waals surface area contributed by atoms with Crippen molar-refractivity contribution in [2.45, 2.75) is 175 Å². The standard InChI is InChI=1S/C37H67N5O5/c1-7-9-10-11-12-13-14-15-16-17-18-19-20-21-22-25-32(43)39-29(5)35(45)40-30(6)36(46)41-27-23-24-31(41)37(47)42(26-8-2)33(28(3)4)34(38)44/h15-16,28-31,33H,7-14,17-27H2,1-6H3,(H2,38,44)(H,39,43)(H,40,45)/b16-15+/t29-,30-,31-,33-/m0/s1. The molecule has 0 aromatic rings. The minimum atomic E-state index is -0.877. The molecular formula is C37H67N5O5. The Morgan fingerprint density at radius 1 is 0.787 bits per heavy atom. The fourth-order valence-electron chi connectivity index (χ4n) is 6.33. The van der Waals surface area contributed by atoms with Gasteiger partial charge in [0.1, 0.15) is 24.2 Å². The predicted molar refractivity (Wildman–Crippen MR) is 189 cm³/mol. The van der Waals surface area contributed by atoms with E-state index in [2.05, 4.69) is 29.7 Å². The fraction of sp³-hybridized carbons (Fsp3) is 0.811. The van der Waals surface area contributed by atoms with Crippen molar-refractivity contribution < 1.29 is 24.0 Å². The molecule has 10 heteroatoms. The molecule has 0 aromatic carbocycles. The molecule has 1 fully saturated rings. The highest BCUT2D eigenvalue weighted by Crippen LogP contribution is 2.23. The summed E-state index contributed by atoms with van der Waals surface area (Å²) in [6.07, 6.45) is 22.2. The molecule has 10 nitrogen and oxygen atoms in total. The summed E-state index contributed by atoms with van der Waals surface area (Å²) in [5.74, 6) is -2.01. The van der Waals surface area contributed by atoms with Gasteiger partial charge in [0, 0.05) is 19.5 Å². The molecule has 5 amide bonds. The molecule has 4 atom stereocenters. The molecule has 270 valence electrons. The first-order valence-electron chi connectivity index (χ1n) is 18.6. The first-order valence-corrected chi connectivity index (χ1v) is 18.6. The zero-order valence-corrected chi connectivity index (χ0v) is 30.5. The lowest BCUT2D eigenvalue weighted by atomic mass is 10.00. The Balaban J connectivity index is 2.39. The van der Waals surface area contributed by atoms with Crippen LogP contribution in [0.5, 0.6) is 0 Å². The molecule has 1 heterocycles. The second-order valence-corrected chi connectivity index (χ2v) is 13.7. The van der Waals surface area contributed by atoms with Crippen LogP contribution >= 0.6 is 0 Å². The number of amides is 5. The Morgan fingerprint density at radius 2 is 1.36 bits per heavy atom. The Morgan fingerprint density at radius 3 is 1.91 bits per heavy atom. The number of allylic oxidation sites excluding steroid dienone is 2. The molecule has 0 spiro atoms. The number of likely N-dealkylation sites (tertiary alicyclic amines) is 1. The number of hydrogen-bond donors (Lipinski definition) is 3. The summed E-state index contributed by atoms with van der Waals surface area (Å²) in [7, 11) is 0. The van der Waals surface area contributed by atoms with E-state index in [9.17, 15) is 24.0 Å². The van der Waals surface area contributed by atoms with Crippen molar-refractivity contribution in [1.82, 2.24) is 20.4 Å². The van der Waals surface area contributed by atoms with E-state index in [1.54, 1.807) is 13.8 Å². The largest absolute Gasteiger partial charge is 0.368 e. The number of hydrogen-bond acceptors (Lipinski definition) is 5. The highest BCUT2D eigenvalue weighted by Gasteiger charge is 2.41. The lowest BCUT2D eigenvalue weighted by Gasteiger charge is -2.36. The van der Waals surface area contributed by atoms with Gasteiger partial charge in [0.05, 0.1) is 0 Å². The van der Waals surface area contributed by atoms with Crippen molar-refractivity contribution in [2.75, 3.05) is 13.1 Å². The summed E-state index contributed by atoms with van der Waals surface area (Å²) >= 11 is 0. The number of carbonyl (C=O) groups is 5. The van der Waals surface area contributed by atoms with Gasteiger partial charge in [-0.25, -0.2) is 0 Å². The van der Waals surface area contributed by atoms with Crippen molar-refractivity contribution in [3.63, 3.8) is 0 Å². The summed E-state index contributed by atoms with van der Waals surface area (Å²) in [4.78, 5) is 67.5. The van der Waals surface area contributed by atoms with Crippen LogP contribution in [0, 0.1) is 5.92 Å². The molecule has 0 radical (unpaired) electrons. The normalized spacial score (nSPS) is 16.7. The number of rotatable bonds is 25. The molecule has 0 aliphatic carbocycles. The molecule has 0 bridgehead atoms. The van der Waals surface area contributed by atoms with Crippen LogP contribution < -0.4 is 16.4 Å². The lowest BCUT2D eigenvalue weighted by Crippen LogP contribution is -2.58. The van der Waals surface area contributed by atoms with Gasteiger partial charge in [-0.15, -0.1) is 0 Å². The maximum absolute atomic E-state index is 13.6. The highest BCUT2D eigenvalue weighted by atomic mass is 16.2. The van der Waals surface area contributed by atoms with Crippen LogP contribution in [0.25, 0.3) is 0 Å². The monoisotopic (exact) mass is 662 g/mol. The molecule has 1 aliphatic heterocycles. The SMILES string of the molecule is CCCCCCCC/C=C/CCCCCCCC(=O)N[C@@H](C)C(=O)N[C@@H](C)C(=O)N1CCC[C@H]1C(=O)N(CCC)[C@H](C(N)=O)C(C)C. The van der Waals surface area contributed by atoms with Gasteiger partial charge in [0.2, 0.25) is 29.5 Å². The molecule has 0 unspecified atom stereocenters.